The molecule has 1 atom stereocenters. The summed E-state index contributed by atoms with van der Waals surface area (Å²) in [7, 11) is 1.40. The number of carbonyl (C=O) groups is 2. The lowest BCUT2D eigenvalue weighted by atomic mass is 10.2. The summed E-state index contributed by atoms with van der Waals surface area (Å²) in [5, 5.41) is 11.6. The number of hydrogen-bond acceptors (Lipinski definition) is 4. The van der Waals surface area contributed by atoms with Crippen LogP contribution in [0.5, 0.6) is 0 Å². The SMILES string of the molecule is CCc1cc(C(=O)NCC(CC(=O)O)OC)cc(Cl)n1. The van der Waals surface area contributed by atoms with Crippen LogP contribution in [0.1, 0.15) is 29.4 Å². The van der Waals surface area contributed by atoms with Crippen molar-refractivity contribution in [2.45, 2.75) is 25.9 Å². The first-order valence-electron chi connectivity index (χ1n) is 6.15. The molecule has 110 valence electrons. The maximum absolute atomic E-state index is 12.0. The number of amides is 1. The fourth-order valence-corrected chi connectivity index (χ4v) is 1.83. The number of carboxylic acid groups (broad SMARTS) is 1. The number of methoxy groups -OCH3 is 1. The Morgan fingerprint density at radius 3 is 2.75 bits per heavy atom. The van der Waals surface area contributed by atoms with Crippen molar-refractivity contribution in [2.75, 3.05) is 13.7 Å². The molecule has 20 heavy (non-hydrogen) atoms. The first kappa shape index (κ1) is 16.4. The quantitative estimate of drug-likeness (QED) is 0.745. The predicted octanol–water partition coefficient (Wildman–Crippen LogP) is 1.52. The third kappa shape index (κ3) is 5.14. The molecular weight excluding hydrogens is 284 g/mol. The van der Waals surface area contributed by atoms with Gasteiger partial charge in [0.2, 0.25) is 0 Å². The van der Waals surface area contributed by atoms with E-state index in [0.29, 0.717) is 12.0 Å². The highest BCUT2D eigenvalue weighted by Crippen LogP contribution is 2.11. The molecule has 0 radical (unpaired) electrons. The monoisotopic (exact) mass is 300 g/mol. The van der Waals surface area contributed by atoms with Crippen LogP contribution in [0.4, 0.5) is 0 Å². The Kier molecular flexibility index (Phi) is 6.41. The number of pyridine rings is 1. The molecule has 0 aliphatic rings. The summed E-state index contributed by atoms with van der Waals surface area (Å²) in [6.07, 6.45) is -0.0753. The Balaban J connectivity index is 2.66. The number of halogens is 1. The lowest BCUT2D eigenvalue weighted by Crippen LogP contribution is -2.34. The van der Waals surface area contributed by atoms with Crippen molar-refractivity contribution in [1.29, 1.82) is 0 Å². The molecule has 7 heteroatoms. The molecule has 2 N–H and O–H groups in total. The predicted molar refractivity (Wildman–Crippen MR) is 74.0 cm³/mol. The van der Waals surface area contributed by atoms with Gasteiger partial charge in [-0.2, -0.15) is 0 Å². The maximum Gasteiger partial charge on any atom is 0.306 e. The number of aromatic nitrogens is 1. The molecule has 0 spiro atoms. The molecule has 0 bridgehead atoms. The van der Waals surface area contributed by atoms with E-state index in [1.54, 1.807) is 6.07 Å². The van der Waals surface area contributed by atoms with Crippen LogP contribution in [-0.2, 0) is 16.0 Å². The van der Waals surface area contributed by atoms with E-state index >= 15 is 0 Å². The fourth-order valence-electron chi connectivity index (χ4n) is 1.61. The number of hydrogen-bond donors (Lipinski definition) is 2. The molecule has 1 aromatic rings. The molecule has 0 saturated carbocycles. The van der Waals surface area contributed by atoms with Crippen LogP contribution in [-0.4, -0.2) is 41.7 Å². The summed E-state index contributed by atoms with van der Waals surface area (Å²) < 4.78 is 4.98. The summed E-state index contributed by atoms with van der Waals surface area (Å²) in [4.78, 5) is 26.6. The highest BCUT2D eigenvalue weighted by atomic mass is 35.5. The number of carboxylic acids is 1. The topological polar surface area (TPSA) is 88.5 Å². The van der Waals surface area contributed by atoms with Crippen molar-refractivity contribution >= 4 is 23.5 Å². The van der Waals surface area contributed by atoms with Crippen LogP contribution in [0.3, 0.4) is 0 Å². The van der Waals surface area contributed by atoms with Gasteiger partial charge >= 0.3 is 5.97 Å². The molecule has 0 aliphatic heterocycles. The van der Waals surface area contributed by atoms with Gasteiger partial charge in [-0.05, 0) is 18.6 Å². The van der Waals surface area contributed by atoms with Crippen LogP contribution in [0.15, 0.2) is 12.1 Å². The first-order chi connectivity index (χ1) is 9.46. The molecule has 0 aromatic carbocycles. The van der Waals surface area contributed by atoms with E-state index in [2.05, 4.69) is 10.3 Å². The first-order valence-corrected chi connectivity index (χ1v) is 6.53. The molecule has 0 aliphatic carbocycles. The van der Waals surface area contributed by atoms with Crippen LogP contribution >= 0.6 is 11.6 Å². The minimum absolute atomic E-state index is 0.114. The van der Waals surface area contributed by atoms with E-state index in [-0.39, 0.29) is 24.0 Å². The second-order valence-corrected chi connectivity index (χ2v) is 4.58. The van der Waals surface area contributed by atoms with Crippen molar-refractivity contribution in [1.82, 2.24) is 10.3 Å². The van der Waals surface area contributed by atoms with Crippen LogP contribution < -0.4 is 5.32 Å². The van der Waals surface area contributed by atoms with Gasteiger partial charge in [0.15, 0.2) is 0 Å². The minimum Gasteiger partial charge on any atom is -0.481 e. The Morgan fingerprint density at radius 2 is 2.20 bits per heavy atom. The van der Waals surface area contributed by atoms with E-state index < -0.39 is 12.1 Å². The molecule has 1 amide bonds. The molecule has 0 saturated heterocycles. The maximum atomic E-state index is 12.0. The van der Waals surface area contributed by atoms with Gasteiger partial charge in [0.05, 0.1) is 12.5 Å². The van der Waals surface area contributed by atoms with E-state index in [9.17, 15) is 9.59 Å². The highest BCUT2D eigenvalue weighted by Gasteiger charge is 2.15. The van der Waals surface area contributed by atoms with Crippen molar-refractivity contribution in [3.63, 3.8) is 0 Å². The van der Waals surface area contributed by atoms with Crippen molar-refractivity contribution in [3.05, 3.63) is 28.5 Å². The van der Waals surface area contributed by atoms with Crippen molar-refractivity contribution in [3.8, 4) is 0 Å². The molecule has 1 rings (SSSR count). The zero-order valence-electron chi connectivity index (χ0n) is 11.4. The third-order valence-corrected chi connectivity index (χ3v) is 2.89. The smallest absolute Gasteiger partial charge is 0.306 e. The zero-order chi connectivity index (χ0) is 15.1. The number of ether oxygens (including phenoxy) is 1. The number of aliphatic carboxylic acids is 1. The Hall–Kier alpha value is -1.66. The lowest BCUT2D eigenvalue weighted by Gasteiger charge is -2.14. The molecule has 1 unspecified atom stereocenters. The van der Waals surface area contributed by atoms with Gasteiger partial charge in [-0.3, -0.25) is 9.59 Å². The van der Waals surface area contributed by atoms with Crippen molar-refractivity contribution in [2.24, 2.45) is 0 Å². The number of nitrogens with zero attached hydrogens (tertiary/aromatic N) is 1. The number of rotatable bonds is 7. The summed E-state index contributed by atoms with van der Waals surface area (Å²) in [6, 6.07) is 3.12. The zero-order valence-corrected chi connectivity index (χ0v) is 12.1. The van der Waals surface area contributed by atoms with E-state index in [0.717, 1.165) is 5.69 Å². The summed E-state index contributed by atoms with van der Waals surface area (Å²) in [5.74, 6) is -1.32. The van der Waals surface area contributed by atoms with Gasteiger partial charge in [-0.15, -0.1) is 0 Å². The molecule has 6 nitrogen and oxygen atoms in total. The molecule has 0 fully saturated rings. The summed E-state index contributed by atoms with van der Waals surface area (Å²) >= 11 is 5.84. The number of carbonyl (C=O) groups excluding carboxylic acids is 1. The Labute approximate surface area is 122 Å². The van der Waals surface area contributed by atoms with Crippen LogP contribution in [0.25, 0.3) is 0 Å². The standard InChI is InChI=1S/C13H17ClN2O4/c1-3-9-4-8(5-11(14)16-9)13(19)15-7-10(20-2)6-12(17)18/h4-5,10H,3,6-7H2,1-2H3,(H,15,19)(H,17,18). The average Bonchev–Trinajstić information content (AvgIpc) is 2.41. The van der Waals surface area contributed by atoms with Gasteiger partial charge in [-0.25, -0.2) is 4.98 Å². The van der Waals surface area contributed by atoms with Crippen molar-refractivity contribution < 1.29 is 19.4 Å². The van der Waals surface area contributed by atoms with Crippen LogP contribution in [0, 0.1) is 0 Å². The molecular formula is C13H17ClN2O4. The van der Waals surface area contributed by atoms with Gasteiger partial charge in [-0.1, -0.05) is 18.5 Å². The number of aryl methyl sites for hydroxylation is 1. The molecule has 1 aromatic heterocycles. The fraction of sp³-hybridized carbons (Fsp3) is 0.462. The molecule has 1 heterocycles. The largest absolute Gasteiger partial charge is 0.481 e. The Bertz CT molecular complexity index is 493. The van der Waals surface area contributed by atoms with Crippen LogP contribution in [0.2, 0.25) is 5.15 Å². The van der Waals surface area contributed by atoms with Gasteiger partial charge in [0, 0.05) is 24.9 Å². The van der Waals surface area contributed by atoms with E-state index in [1.165, 1.54) is 13.2 Å². The third-order valence-electron chi connectivity index (χ3n) is 2.70. The van der Waals surface area contributed by atoms with E-state index in [4.69, 9.17) is 21.4 Å². The minimum atomic E-state index is -0.980. The Morgan fingerprint density at radius 1 is 1.50 bits per heavy atom. The normalized spacial score (nSPS) is 11.9. The second-order valence-electron chi connectivity index (χ2n) is 4.19. The number of nitrogens with one attached hydrogen (secondary N) is 1. The van der Waals surface area contributed by atoms with Gasteiger partial charge in [0.25, 0.3) is 5.91 Å². The summed E-state index contributed by atoms with van der Waals surface area (Å²) in [5.41, 5.74) is 1.11. The average molecular weight is 301 g/mol. The lowest BCUT2D eigenvalue weighted by molar-refractivity contribution is -0.139. The summed E-state index contributed by atoms with van der Waals surface area (Å²) in [6.45, 7) is 2.02. The van der Waals surface area contributed by atoms with Gasteiger partial charge in [0.1, 0.15) is 5.15 Å². The van der Waals surface area contributed by atoms with Gasteiger partial charge < -0.3 is 15.2 Å². The second kappa shape index (κ2) is 7.81. The van der Waals surface area contributed by atoms with E-state index in [1.807, 2.05) is 6.92 Å². The highest BCUT2D eigenvalue weighted by molar-refractivity contribution is 6.29.